The monoisotopic (exact) mass is 317 g/mol. The molecule has 4 nitrogen and oxygen atoms in total. The summed E-state index contributed by atoms with van der Waals surface area (Å²) in [6, 6.07) is 4.84. The maximum absolute atomic E-state index is 13.4. The zero-order valence-electron chi connectivity index (χ0n) is 9.60. The SMILES string of the molecule is O=C(O)C1CN(Cc2cccc(F)c2Br)CCO1. The van der Waals surface area contributed by atoms with E-state index >= 15 is 0 Å². The zero-order valence-corrected chi connectivity index (χ0v) is 11.2. The number of aliphatic carboxylic acids is 1. The van der Waals surface area contributed by atoms with Crippen molar-refractivity contribution >= 4 is 21.9 Å². The van der Waals surface area contributed by atoms with Crippen LogP contribution in [0.25, 0.3) is 0 Å². The molecule has 2 rings (SSSR count). The van der Waals surface area contributed by atoms with E-state index in [0.717, 1.165) is 5.56 Å². The first-order chi connectivity index (χ1) is 8.58. The lowest BCUT2D eigenvalue weighted by atomic mass is 10.2. The van der Waals surface area contributed by atoms with Crippen LogP contribution in [0.1, 0.15) is 5.56 Å². The maximum atomic E-state index is 13.4. The summed E-state index contributed by atoms with van der Waals surface area (Å²) in [6.07, 6.45) is -0.800. The molecule has 1 aliphatic heterocycles. The molecule has 0 radical (unpaired) electrons. The standard InChI is InChI=1S/C12H13BrFNO3/c13-11-8(2-1-3-9(11)14)6-15-4-5-18-10(7-15)12(16)17/h1-3,10H,4-7H2,(H,16,17). The van der Waals surface area contributed by atoms with Gasteiger partial charge in [-0.2, -0.15) is 0 Å². The van der Waals surface area contributed by atoms with Gasteiger partial charge in [0.2, 0.25) is 0 Å². The molecule has 1 saturated heterocycles. The van der Waals surface area contributed by atoms with Crippen LogP contribution in [0.15, 0.2) is 22.7 Å². The molecule has 0 saturated carbocycles. The lowest BCUT2D eigenvalue weighted by molar-refractivity contribution is -0.156. The Labute approximate surface area is 112 Å². The van der Waals surface area contributed by atoms with Crippen LogP contribution in [0.4, 0.5) is 4.39 Å². The summed E-state index contributed by atoms with van der Waals surface area (Å²) in [5, 5.41) is 8.90. The molecule has 18 heavy (non-hydrogen) atoms. The summed E-state index contributed by atoms with van der Waals surface area (Å²) in [4.78, 5) is 12.8. The van der Waals surface area contributed by atoms with Gasteiger partial charge in [0.15, 0.2) is 6.10 Å². The molecule has 0 aliphatic carbocycles. The van der Waals surface area contributed by atoms with Crippen LogP contribution < -0.4 is 0 Å². The van der Waals surface area contributed by atoms with E-state index in [2.05, 4.69) is 15.9 Å². The Morgan fingerprint density at radius 2 is 2.39 bits per heavy atom. The van der Waals surface area contributed by atoms with Crippen LogP contribution >= 0.6 is 15.9 Å². The maximum Gasteiger partial charge on any atom is 0.334 e. The van der Waals surface area contributed by atoms with Gasteiger partial charge in [-0.25, -0.2) is 9.18 Å². The Balaban J connectivity index is 2.05. The molecule has 1 heterocycles. The molecule has 98 valence electrons. The van der Waals surface area contributed by atoms with Crippen molar-refractivity contribution < 1.29 is 19.0 Å². The average molecular weight is 318 g/mol. The number of hydrogen-bond donors (Lipinski definition) is 1. The Kier molecular flexibility index (Phi) is 4.31. The molecule has 1 aromatic rings. The van der Waals surface area contributed by atoms with Crippen molar-refractivity contribution in [2.45, 2.75) is 12.6 Å². The first-order valence-corrected chi connectivity index (χ1v) is 6.37. The first kappa shape index (κ1) is 13.5. The number of benzene rings is 1. The number of halogens is 2. The molecule has 6 heteroatoms. The minimum Gasteiger partial charge on any atom is -0.479 e. The van der Waals surface area contributed by atoms with Crippen molar-refractivity contribution in [3.63, 3.8) is 0 Å². The lowest BCUT2D eigenvalue weighted by Gasteiger charge is -2.31. The lowest BCUT2D eigenvalue weighted by Crippen LogP contribution is -2.45. The van der Waals surface area contributed by atoms with E-state index in [0.29, 0.717) is 30.7 Å². The molecule has 1 fully saturated rings. The quantitative estimate of drug-likeness (QED) is 0.924. The van der Waals surface area contributed by atoms with E-state index < -0.39 is 12.1 Å². The normalized spacial score (nSPS) is 20.9. The highest BCUT2D eigenvalue weighted by molar-refractivity contribution is 9.10. The molecular weight excluding hydrogens is 305 g/mol. The fraction of sp³-hybridized carbons (Fsp3) is 0.417. The second-order valence-electron chi connectivity index (χ2n) is 4.15. The molecule has 1 atom stereocenters. The minimum atomic E-state index is -0.960. The third kappa shape index (κ3) is 3.07. The van der Waals surface area contributed by atoms with Gasteiger partial charge >= 0.3 is 5.97 Å². The smallest absolute Gasteiger partial charge is 0.334 e. The highest BCUT2D eigenvalue weighted by Gasteiger charge is 2.26. The predicted molar refractivity (Wildman–Crippen MR) is 66.8 cm³/mol. The van der Waals surface area contributed by atoms with Crippen LogP contribution in [0.5, 0.6) is 0 Å². The fourth-order valence-electron chi connectivity index (χ4n) is 1.91. The minimum absolute atomic E-state index is 0.310. The van der Waals surface area contributed by atoms with Gasteiger partial charge in [-0.15, -0.1) is 0 Å². The molecule has 0 spiro atoms. The number of rotatable bonds is 3. The van der Waals surface area contributed by atoms with Crippen LogP contribution in [0, 0.1) is 5.82 Å². The number of ether oxygens (including phenoxy) is 1. The molecule has 1 unspecified atom stereocenters. The van der Waals surface area contributed by atoms with Crippen molar-refractivity contribution in [2.24, 2.45) is 0 Å². The van der Waals surface area contributed by atoms with E-state index in [1.165, 1.54) is 6.07 Å². The van der Waals surface area contributed by atoms with Crippen molar-refractivity contribution in [3.8, 4) is 0 Å². The van der Waals surface area contributed by atoms with Crippen molar-refractivity contribution in [2.75, 3.05) is 19.7 Å². The summed E-state index contributed by atoms with van der Waals surface area (Å²) in [5.41, 5.74) is 0.807. The number of carboxylic acid groups (broad SMARTS) is 1. The van der Waals surface area contributed by atoms with E-state index in [-0.39, 0.29) is 5.82 Å². The molecule has 0 bridgehead atoms. The molecule has 1 N–H and O–H groups in total. The topological polar surface area (TPSA) is 49.8 Å². The number of hydrogen-bond acceptors (Lipinski definition) is 3. The Morgan fingerprint density at radius 3 is 3.11 bits per heavy atom. The van der Waals surface area contributed by atoms with Gasteiger partial charge < -0.3 is 9.84 Å². The average Bonchev–Trinajstić information content (AvgIpc) is 2.35. The van der Waals surface area contributed by atoms with Gasteiger partial charge in [0.05, 0.1) is 11.1 Å². The van der Waals surface area contributed by atoms with Crippen molar-refractivity contribution in [3.05, 3.63) is 34.1 Å². The fourth-order valence-corrected chi connectivity index (χ4v) is 2.30. The van der Waals surface area contributed by atoms with Gasteiger partial charge in [0.25, 0.3) is 0 Å². The van der Waals surface area contributed by atoms with Gasteiger partial charge in [-0.3, -0.25) is 4.90 Å². The summed E-state index contributed by atoms with van der Waals surface area (Å²) < 4.78 is 18.9. The van der Waals surface area contributed by atoms with Gasteiger partial charge in [-0.1, -0.05) is 12.1 Å². The summed E-state index contributed by atoms with van der Waals surface area (Å²) >= 11 is 3.20. The number of carbonyl (C=O) groups is 1. The highest BCUT2D eigenvalue weighted by Crippen LogP contribution is 2.22. The van der Waals surface area contributed by atoms with Crippen LogP contribution in [0.3, 0.4) is 0 Å². The number of morpholine rings is 1. The Bertz CT molecular complexity index is 455. The Morgan fingerprint density at radius 1 is 1.61 bits per heavy atom. The zero-order chi connectivity index (χ0) is 13.1. The second-order valence-corrected chi connectivity index (χ2v) is 4.94. The van der Waals surface area contributed by atoms with Gasteiger partial charge in [-0.05, 0) is 27.6 Å². The Hall–Kier alpha value is -0.980. The second kappa shape index (κ2) is 5.77. The largest absolute Gasteiger partial charge is 0.479 e. The van der Waals surface area contributed by atoms with Crippen LogP contribution in [0.2, 0.25) is 0 Å². The van der Waals surface area contributed by atoms with E-state index in [4.69, 9.17) is 9.84 Å². The number of carboxylic acids is 1. The number of nitrogens with zero attached hydrogens (tertiary/aromatic N) is 1. The van der Waals surface area contributed by atoms with Crippen molar-refractivity contribution in [1.82, 2.24) is 4.90 Å². The summed E-state index contributed by atoms with van der Waals surface area (Å²) in [6.45, 7) is 1.85. The molecule has 1 aliphatic rings. The molecular formula is C12H13BrFNO3. The highest BCUT2D eigenvalue weighted by atomic mass is 79.9. The van der Waals surface area contributed by atoms with Gasteiger partial charge in [0, 0.05) is 19.6 Å². The summed E-state index contributed by atoms with van der Waals surface area (Å²) in [5.74, 6) is -1.27. The van der Waals surface area contributed by atoms with E-state index in [1.807, 2.05) is 11.0 Å². The van der Waals surface area contributed by atoms with Crippen LogP contribution in [-0.4, -0.2) is 41.8 Å². The molecule has 0 amide bonds. The third-order valence-electron chi connectivity index (χ3n) is 2.85. The summed E-state index contributed by atoms with van der Waals surface area (Å²) in [7, 11) is 0. The first-order valence-electron chi connectivity index (χ1n) is 5.57. The van der Waals surface area contributed by atoms with Crippen LogP contribution in [-0.2, 0) is 16.1 Å². The van der Waals surface area contributed by atoms with Gasteiger partial charge in [0.1, 0.15) is 5.82 Å². The van der Waals surface area contributed by atoms with E-state index in [9.17, 15) is 9.18 Å². The predicted octanol–water partition coefficient (Wildman–Crippen LogP) is 1.87. The molecule has 0 aromatic heterocycles. The van der Waals surface area contributed by atoms with E-state index in [1.54, 1.807) is 6.07 Å². The van der Waals surface area contributed by atoms with Crippen molar-refractivity contribution in [1.29, 1.82) is 0 Å². The molecule has 1 aromatic carbocycles. The third-order valence-corrected chi connectivity index (χ3v) is 3.74.